The summed E-state index contributed by atoms with van der Waals surface area (Å²) in [7, 11) is 0. The summed E-state index contributed by atoms with van der Waals surface area (Å²) >= 11 is 12.0. The Balaban J connectivity index is 1.36. The van der Waals surface area contributed by atoms with Crippen LogP contribution >= 0.6 is 23.2 Å². The van der Waals surface area contributed by atoms with Crippen LogP contribution in [-0.4, -0.2) is 20.4 Å². The number of carbonyl (C=O) groups is 1. The van der Waals surface area contributed by atoms with E-state index in [9.17, 15) is 4.79 Å². The molecular weight excluding hydrogens is 483 g/mol. The molecule has 9 heteroatoms. The molecule has 5 aromatic rings. The first-order valence-electron chi connectivity index (χ1n) is 10.8. The van der Waals surface area contributed by atoms with Crippen LogP contribution in [0.5, 0.6) is 0 Å². The molecule has 0 saturated heterocycles. The molecule has 0 unspecified atom stereocenters. The van der Waals surface area contributed by atoms with E-state index in [-0.39, 0.29) is 6.03 Å². The maximum atomic E-state index is 12.5. The molecule has 2 heterocycles. The van der Waals surface area contributed by atoms with Crippen molar-refractivity contribution in [3.8, 4) is 11.3 Å². The van der Waals surface area contributed by atoms with E-state index < -0.39 is 0 Å². The van der Waals surface area contributed by atoms with Crippen LogP contribution in [0.4, 0.5) is 22.0 Å². The fourth-order valence-electron chi connectivity index (χ4n) is 3.61. The first-order chi connectivity index (χ1) is 17.0. The average molecular weight is 503 g/mol. The zero-order valence-corrected chi connectivity index (χ0v) is 19.9. The minimum atomic E-state index is -0.355. The number of rotatable bonds is 6. The summed E-state index contributed by atoms with van der Waals surface area (Å²) in [5.74, 6) is 0.645. The molecule has 0 aliphatic carbocycles. The van der Waals surface area contributed by atoms with Gasteiger partial charge in [-0.15, -0.1) is 0 Å². The van der Waals surface area contributed by atoms with E-state index in [0.29, 0.717) is 39.4 Å². The van der Waals surface area contributed by atoms with Crippen LogP contribution in [0.1, 0.15) is 5.56 Å². The first kappa shape index (κ1) is 22.7. The number of fused-ring (bicyclic) bond motifs is 1. The Labute approximate surface area is 211 Å². The zero-order valence-electron chi connectivity index (χ0n) is 18.4. The van der Waals surface area contributed by atoms with Gasteiger partial charge in [0.25, 0.3) is 0 Å². The lowest BCUT2D eigenvalue weighted by Gasteiger charge is -2.12. The monoisotopic (exact) mass is 502 g/mol. The lowest BCUT2D eigenvalue weighted by molar-refractivity contribution is 0.262. The van der Waals surface area contributed by atoms with Gasteiger partial charge in [0.05, 0.1) is 5.69 Å². The average Bonchev–Trinajstić information content (AvgIpc) is 3.33. The predicted octanol–water partition coefficient (Wildman–Crippen LogP) is 6.96. The quantitative estimate of drug-likeness (QED) is 0.234. The van der Waals surface area contributed by atoms with Gasteiger partial charge >= 0.3 is 6.03 Å². The fourth-order valence-corrected chi connectivity index (χ4v) is 3.94. The number of amides is 2. The maximum Gasteiger partial charge on any atom is 0.323 e. The van der Waals surface area contributed by atoms with Gasteiger partial charge < -0.3 is 20.4 Å². The van der Waals surface area contributed by atoms with Gasteiger partial charge in [-0.25, -0.2) is 14.8 Å². The van der Waals surface area contributed by atoms with Gasteiger partial charge in [-0.05, 0) is 54.1 Å². The Hall–Kier alpha value is -4.07. The number of benzene rings is 3. The smallest absolute Gasteiger partial charge is 0.323 e. The van der Waals surface area contributed by atoms with Crippen LogP contribution in [-0.2, 0) is 6.54 Å². The number of urea groups is 1. The van der Waals surface area contributed by atoms with E-state index in [2.05, 4.69) is 20.9 Å². The van der Waals surface area contributed by atoms with Crippen molar-refractivity contribution in [2.24, 2.45) is 0 Å². The number of nitrogens with zero attached hydrogens (tertiary/aromatic N) is 3. The summed E-state index contributed by atoms with van der Waals surface area (Å²) in [5, 5.41) is 10.3. The summed E-state index contributed by atoms with van der Waals surface area (Å²) in [6, 6.07) is 21.7. The molecule has 3 aromatic carbocycles. The molecule has 0 bridgehead atoms. The normalized spacial score (nSPS) is 10.8. The van der Waals surface area contributed by atoms with Gasteiger partial charge in [0, 0.05) is 52.1 Å². The van der Waals surface area contributed by atoms with Crippen LogP contribution in [0, 0.1) is 0 Å². The van der Waals surface area contributed by atoms with Crippen LogP contribution in [0.15, 0.2) is 91.4 Å². The van der Waals surface area contributed by atoms with E-state index in [1.165, 1.54) is 0 Å². The lowest BCUT2D eigenvalue weighted by atomic mass is 10.1. The Morgan fingerprint density at radius 3 is 2.51 bits per heavy atom. The molecule has 3 N–H and O–H groups in total. The number of halogens is 2. The van der Waals surface area contributed by atoms with Crippen molar-refractivity contribution in [1.82, 2.24) is 14.4 Å². The van der Waals surface area contributed by atoms with Gasteiger partial charge in [0.2, 0.25) is 0 Å². The summed E-state index contributed by atoms with van der Waals surface area (Å²) < 4.78 is 1.91. The number of aromatic nitrogens is 3. The molecule has 2 amide bonds. The molecule has 2 aromatic heterocycles. The maximum absolute atomic E-state index is 12.5. The van der Waals surface area contributed by atoms with E-state index in [1.807, 2.05) is 65.3 Å². The topological polar surface area (TPSA) is 83.4 Å². The third-order valence-corrected chi connectivity index (χ3v) is 5.73. The van der Waals surface area contributed by atoms with Crippen molar-refractivity contribution in [3.05, 3.63) is 107 Å². The highest BCUT2D eigenvalue weighted by Crippen LogP contribution is 2.25. The Bertz CT molecular complexity index is 1500. The highest BCUT2D eigenvalue weighted by molar-refractivity contribution is 6.30. The summed E-state index contributed by atoms with van der Waals surface area (Å²) in [6.45, 7) is 0.548. The predicted molar refractivity (Wildman–Crippen MR) is 141 cm³/mol. The fraction of sp³-hybridized carbons (Fsp3) is 0.0385. The molecule has 0 atom stereocenters. The molecule has 5 rings (SSSR count). The van der Waals surface area contributed by atoms with E-state index in [0.717, 1.165) is 16.8 Å². The van der Waals surface area contributed by atoms with Crippen molar-refractivity contribution in [2.75, 3.05) is 16.0 Å². The van der Waals surface area contributed by atoms with Crippen LogP contribution in [0.2, 0.25) is 10.0 Å². The SMILES string of the molecule is O=C(Nc1ccc(Cl)cc1)Nc1cccc(-c2cn3ccnc3c(NCc3cccc(Cl)c3)n2)c1. The van der Waals surface area contributed by atoms with E-state index in [1.54, 1.807) is 30.5 Å². The van der Waals surface area contributed by atoms with Gasteiger partial charge in [0.15, 0.2) is 11.5 Å². The van der Waals surface area contributed by atoms with Crippen molar-refractivity contribution < 1.29 is 4.79 Å². The minimum Gasteiger partial charge on any atom is -0.363 e. The molecule has 35 heavy (non-hydrogen) atoms. The number of imidazole rings is 1. The Morgan fingerprint density at radius 1 is 0.886 bits per heavy atom. The zero-order chi connectivity index (χ0) is 24.2. The van der Waals surface area contributed by atoms with Gasteiger partial charge in [-0.1, -0.05) is 47.5 Å². The summed E-state index contributed by atoms with van der Waals surface area (Å²) in [5.41, 5.74) is 4.60. The molecule has 0 fully saturated rings. The molecule has 0 radical (unpaired) electrons. The van der Waals surface area contributed by atoms with Gasteiger partial charge in [0.1, 0.15) is 0 Å². The molecular formula is C26H20Cl2N6O. The van der Waals surface area contributed by atoms with Crippen molar-refractivity contribution in [2.45, 2.75) is 6.54 Å². The number of hydrogen-bond donors (Lipinski definition) is 3. The third kappa shape index (κ3) is 5.54. The summed E-state index contributed by atoms with van der Waals surface area (Å²) in [4.78, 5) is 21.7. The van der Waals surface area contributed by atoms with Crippen molar-refractivity contribution in [1.29, 1.82) is 0 Å². The number of hydrogen-bond acceptors (Lipinski definition) is 4. The Morgan fingerprint density at radius 2 is 1.69 bits per heavy atom. The van der Waals surface area contributed by atoms with E-state index in [4.69, 9.17) is 28.2 Å². The number of anilines is 3. The van der Waals surface area contributed by atoms with E-state index >= 15 is 0 Å². The molecule has 0 spiro atoms. The highest BCUT2D eigenvalue weighted by atomic mass is 35.5. The second kappa shape index (κ2) is 10.0. The number of carbonyl (C=O) groups excluding carboxylic acids is 1. The Kier molecular flexibility index (Phi) is 6.52. The molecule has 174 valence electrons. The molecule has 0 aliphatic rings. The van der Waals surface area contributed by atoms with Crippen molar-refractivity contribution in [3.63, 3.8) is 0 Å². The largest absolute Gasteiger partial charge is 0.363 e. The molecule has 7 nitrogen and oxygen atoms in total. The highest BCUT2D eigenvalue weighted by Gasteiger charge is 2.11. The first-order valence-corrected chi connectivity index (χ1v) is 11.6. The van der Waals surface area contributed by atoms with Crippen molar-refractivity contribution >= 4 is 52.1 Å². The lowest BCUT2D eigenvalue weighted by Crippen LogP contribution is -2.19. The second-order valence-electron chi connectivity index (χ2n) is 7.78. The van der Waals surface area contributed by atoms with Gasteiger partial charge in [-0.2, -0.15) is 0 Å². The molecule has 0 saturated carbocycles. The summed E-state index contributed by atoms with van der Waals surface area (Å²) in [6.07, 6.45) is 5.50. The van der Waals surface area contributed by atoms with Crippen LogP contribution < -0.4 is 16.0 Å². The standard InChI is InChI=1S/C26H20Cl2N6O/c27-19-7-9-21(10-8-19)31-26(35)32-22-6-2-4-18(14-22)23-16-34-12-11-29-25(34)24(33-23)30-15-17-3-1-5-20(28)13-17/h1-14,16H,15H2,(H,30,33)(H2,31,32,35). The van der Waals surface area contributed by atoms with Crippen LogP contribution in [0.25, 0.3) is 16.9 Å². The molecule has 0 aliphatic heterocycles. The van der Waals surface area contributed by atoms with Crippen LogP contribution in [0.3, 0.4) is 0 Å². The number of nitrogens with one attached hydrogen (secondary N) is 3. The minimum absolute atomic E-state index is 0.355. The third-order valence-electron chi connectivity index (χ3n) is 5.24. The second-order valence-corrected chi connectivity index (χ2v) is 8.66. The van der Waals surface area contributed by atoms with Gasteiger partial charge in [-0.3, -0.25) is 0 Å².